The summed E-state index contributed by atoms with van der Waals surface area (Å²) in [4.78, 5) is 6.95. The monoisotopic (exact) mass is 323 g/mol. The summed E-state index contributed by atoms with van der Waals surface area (Å²) in [6, 6.07) is 0. The fraction of sp³-hybridized carbons (Fsp3) is 1.00. The lowest BCUT2D eigenvalue weighted by molar-refractivity contribution is 0.288. The number of nitrogens with zero attached hydrogens (tertiary/aromatic N) is 3. The number of halogens is 3. The molecule has 18 heavy (non-hydrogen) atoms. The van der Waals surface area contributed by atoms with E-state index in [1.807, 2.05) is 0 Å². The molecule has 0 unspecified atom stereocenters. The van der Waals surface area contributed by atoms with Crippen LogP contribution in [0.15, 0.2) is 0 Å². The van der Waals surface area contributed by atoms with Crippen LogP contribution < -0.4 is 0 Å². The highest BCUT2D eigenvalue weighted by Gasteiger charge is 1.99. The molecule has 0 bridgehead atoms. The van der Waals surface area contributed by atoms with E-state index < -0.39 is 0 Å². The van der Waals surface area contributed by atoms with Gasteiger partial charge in [-0.15, -0.1) is 37.2 Å². The molecule has 116 valence electrons. The summed E-state index contributed by atoms with van der Waals surface area (Å²) in [5.41, 5.74) is 0. The first kappa shape index (κ1) is 27.2. The van der Waals surface area contributed by atoms with Crippen molar-refractivity contribution in [2.45, 2.75) is 19.3 Å². The molecular weight excluding hydrogens is 293 g/mol. The summed E-state index contributed by atoms with van der Waals surface area (Å²) in [5.74, 6) is 0. The minimum absolute atomic E-state index is 0. The molecule has 0 atom stereocenters. The first-order valence-electron chi connectivity index (χ1n) is 6.00. The van der Waals surface area contributed by atoms with Gasteiger partial charge in [-0.3, -0.25) is 0 Å². The van der Waals surface area contributed by atoms with Crippen molar-refractivity contribution in [2.75, 3.05) is 61.4 Å². The van der Waals surface area contributed by atoms with E-state index in [0.29, 0.717) is 0 Å². The van der Waals surface area contributed by atoms with Crippen LogP contribution in [0.2, 0.25) is 0 Å². The SMILES string of the molecule is CN(C)CCCCN(C)CCCN(C)C.Cl.Cl.Cl. The third-order valence-corrected chi connectivity index (χ3v) is 2.54. The van der Waals surface area contributed by atoms with Crippen molar-refractivity contribution in [3.8, 4) is 0 Å². The van der Waals surface area contributed by atoms with Gasteiger partial charge in [0.15, 0.2) is 0 Å². The van der Waals surface area contributed by atoms with Crippen LogP contribution >= 0.6 is 37.2 Å². The van der Waals surface area contributed by atoms with E-state index in [1.165, 1.54) is 45.4 Å². The van der Waals surface area contributed by atoms with Crippen molar-refractivity contribution in [1.29, 1.82) is 0 Å². The minimum atomic E-state index is 0. The van der Waals surface area contributed by atoms with Crippen molar-refractivity contribution >= 4 is 37.2 Å². The summed E-state index contributed by atoms with van der Waals surface area (Å²) in [6.45, 7) is 4.87. The Morgan fingerprint density at radius 1 is 0.500 bits per heavy atom. The Hall–Kier alpha value is 0.750. The number of unbranched alkanes of at least 4 members (excludes halogenated alkanes) is 1. The summed E-state index contributed by atoms with van der Waals surface area (Å²) in [5, 5.41) is 0. The Kier molecular flexibility index (Phi) is 26.8. The zero-order chi connectivity index (χ0) is 11.7. The van der Waals surface area contributed by atoms with Crippen LogP contribution in [0.4, 0.5) is 0 Å². The highest BCUT2D eigenvalue weighted by atomic mass is 35.5. The zero-order valence-electron chi connectivity index (χ0n) is 12.5. The smallest absolute Gasteiger partial charge is 0.000960 e. The van der Waals surface area contributed by atoms with Gasteiger partial charge >= 0.3 is 0 Å². The Bertz CT molecular complexity index is 147. The summed E-state index contributed by atoms with van der Waals surface area (Å²) >= 11 is 0. The van der Waals surface area contributed by atoms with Gasteiger partial charge in [0.1, 0.15) is 0 Å². The van der Waals surface area contributed by atoms with E-state index in [9.17, 15) is 0 Å². The molecule has 0 aliphatic carbocycles. The second kappa shape index (κ2) is 17.8. The Morgan fingerprint density at radius 3 is 1.28 bits per heavy atom. The summed E-state index contributed by atoms with van der Waals surface area (Å²) < 4.78 is 0. The van der Waals surface area contributed by atoms with Crippen LogP contribution in [0, 0.1) is 0 Å². The van der Waals surface area contributed by atoms with Gasteiger partial charge in [-0.25, -0.2) is 0 Å². The van der Waals surface area contributed by atoms with Crippen molar-refractivity contribution in [1.82, 2.24) is 14.7 Å². The molecular formula is C12H32Cl3N3. The van der Waals surface area contributed by atoms with Gasteiger partial charge in [-0.05, 0) is 80.7 Å². The van der Waals surface area contributed by atoms with E-state index in [1.54, 1.807) is 0 Å². The molecule has 0 aromatic heterocycles. The highest BCUT2D eigenvalue weighted by molar-refractivity contribution is 5.86. The van der Waals surface area contributed by atoms with Crippen LogP contribution in [0.1, 0.15) is 19.3 Å². The third-order valence-electron chi connectivity index (χ3n) is 2.54. The molecule has 3 nitrogen and oxygen atoms in total. The number of rotatable bonds is 9. The molecule has 0 amide bonds. The summed E-state index contributed by atoms with van der Waals surface area (Å²) in [6.07, 6.45) is 3.90. The quantitative estimate of drug-likeness (QED) is 0.603. The lowest BCUT2D eigenvalue weighted by Crippen LogP contribution is -2.25. The highest BCUT2D eigenvalue weighted by Crippen LogP contribution is 1.95. The topological polar surface area (TPSA) is 9.72 Å². The zero-order valence-corrected chi connectivity index (χ0v) is 15.0. The van der Waals surface area contributed by atoms with Gasteiger partial charge in [-0.1, -0.05) is 0 Å². The second-order valence-electron chi connectivity index (χ2n) is 4.97. The van der Waals surface area contributed by atoms with Gasteiger partial charge in [0, 0.05) is 0 Å². The van der Waals surface area contributed by atoms with Gasteiger partial charge in [0.05, 0.1) is 0 Å². The standard InChI is InChI=1S/C12H29N3.3ClH/c1-13(2)9-6-7-11-15(5)12-8-10-14(3)4;;;/h6-12H2,1-5H3;3*1H. The average molecular weight is 325 g/mol. The van der Waals surface area contributed by atoms with Crippen LogP contribution in [-0.4, -0.2) is 76.1 Å². The van der Waals surface area contributed by atoms with Gasteiger partial charge in [0.2, 0.25) is 0 Å². The Balaban J connectivity index is -0.000000327. The molecule has 0 aromatic rings. The fourth-order valence-corrected chi connectivity index (χ4v) is 1.58. The molecule has 0 N–H and O–H groups in total. The maximum absolute atomic E-state index is 2.44. The van der Waals surface area contributed by atoms with E-state index in [0.717, 1.165) is 0 Å². The van der Waals surface area contributed by atoms with Crippen LogP contribution in [0.3, 0.4) is 0 Å². The third kappa shape index (κ3) is 22.0. The maximum atomic E-state index is 2.44. The number of hydrogen-bond donors (Lipinski definition) is 0. The van der Waals surface area contributed by atoms with Crippen LogP contribution in [0.25, 0.3) is 0 Å². The van der Waals surface area contributed by atoms with E-state index in [4.69, 9.17) is 0 Å². The van der Waals surface area contributed by atoms with Crippen molar-refractivity contribution in [3.05, 3.63) is 0 Å². The molecule has 0 radical (unpaired) electrons. The molecule has 0 heterocycles. The van der Waals surface area contributed by atoms with Gasteiger partial charge in [0.25, 0.3) is 0 Å². The fourth-order valence-electron chi connectivity index (χ4n) is 1.58. The van der Waals surface area contributed by atoms with Crippen LogP contribution in [-0.2, 0) is 0 Å². The van der Waals surface area contributed by atoms with Crippen molar-refractivity contribution < 1.29 is 0 Å². The molecule has 0 saturated heterocycles. The molecule has 0 rings (SSSR count). The maximum Gasteiger partial charge on any atom is -0.000960 e. The first-order valence-corrected chi connectivity index (χ1v) is 6.00. The normalized spacial score (nSPS) is 10.0. The van der Waals surface area contributed by atoms with E-state index in [-0.39, 0.29) is 37.2 Å². The largest absolute Gasteiger partial charge is 0.309 e. The average Bonchev–Trinajstić information content (AvgIpc) is 2.11. The Morgan fingerprint density at radius 2 is 0.833 bits per heavy atom. The van der Waals surface area contributed by atoms with Crippen molar-refractivity contribution in [3.63, 3.8) is 0 Å². The van der Waals surface area contributed by atoms with Gasteiger partial charge in [-0.2, -0.15) is 0 Å². The van der Waals surface area contributed by atoms with E-state index >= 15 is 0 Å². The lowest BCUT2D eigenvalue weighted by Gasteiger charge is -2.18. The molecule has 0 spiro atoms. The molecule has 0 fully saturated rings. The van der Waals surface area contributed by atoms with Gasteiger partial charge < -0.3 is 14.7 Å². The van der Waals surface area contributed by atoms with Crippen LogP contribution in [0.5, 0.6) is 0 Å². The summed E-state index contributed by atoms with van der Waals surface area (Å²) in [7, 11) is 10.8. The first-order chi connectivity index (χ1) is 7.02. The Labute approximate surface area is 132 Å². The minimum Gasteiger partial charge on any atom is -0.309 e. The second-order valence-corrected chi connectivity index (χ2v) is 4.97. The molecule has 6 heteroatoms. The molecule has 0 aliphatic heterocycles. The lowest BCUT2D eigenvalue weighted by atomic mass is 10.2. The van der Waals surface area contributed by atoms with E-state index in [2.05, 4.69) is 49.9 Å². The molecule has 0 aliphatic rings. The predicted molar refractivity (Wildman–Crippen MR) is 90.2 cm³/mol. The predicted octanol–water partition coefficient (Wildman–Crippen LogP) is 2.48. The molecule has 0 aromatic carbocycles. The number of hydrogen-bond acceptors (Lipinski definition) is 3. The van der Waals surface area contributed by atoms with Crippen molar-refractivity contribution in [2.24, 2.45) is 0 Å². The molecule has 0 saturated carbocycles.